The Kier molecular flexibility index (Phi) is 2.23. The molecule has 3 nitrogen and oxygen atoms in total. The summed E-state index contributed by atoms with van der Waals surface area (Å²) in [5.41, 5.74) is 1.82. The molecule has 2 heterocycles. The number of fused-ring (bicyclic) bond motifs is 1. The van der Waals surface area contributed by atoms with Crippen LogP contribution < -0.4 is 0 Å². The van der Waals surface area contributed by atoms with Crippen LogP contribution in [0.3, 0.4) is 0 Å². The van der Waals surface area contributed by atoms with Gasteiger partial charge in [0, 0.05) is 24.2 Å². The highest BCUT2D eigenvalue weighted by molar-refractivity contribution is 5.81. The van der Waals surface area contributed by atoms with Gasteiger partial charge in [-0.2, -0.15) is 0 Å². The maximum atomic E-state index is 10.9. The van der Waals surface area contributed by atoms with E-state index in [1.54, 1.807) is 25.5 Å². The van der Waals surface area contributed by atoms with Gasteiger partial charge < -0.3 is 0 Å². The molecule has 0 amide bonds. The molecule has 0 unspecified atom stereocenters. The average Bonchev–Trinajstić information content (AvgIpc) is 2.17. The van der Waals surface area contributed by atoms with Crippen molar-refractivity contribution in [3.63, 3.8) is 0 Å². The van der Waals surface area contributed by atoms with E-state index >= 15 is 0 Å². The number of Topliss-reactive ketones (excluding diaryl/α,β-unsaturated/α-hetero) is 1. The molecule has 2 aromatic rings. The number of ketones is 1. The average molecular weight is 186 g/mol. The molecule has 70 valence electrons. The first kappa shape index (κ1) is 8.81. The highest BCUT2D eigenvalue weighted by atomic mass is 16.1. The third kappa shape index (κ3) is 1.76. The van der Waals surface area contributed by atoms with Gasteiger partial charge in [-0.25, -0.2) is 0 Å². The molecule has 0 atom stereocenters. The van der Waals surface area contributed by atoms with Gasteiger partial charge in [-0.05, 0) is 24.6 Å². The van der Waals surface area contributed by atoms with Gasteiger partial charge in [-0.1, -0.05) is 0 Å². The first-order valence-electron chi connectivity index (χ1n) is 4.44. The Morgan fingerprint density at radius 1 is 1.43 bits per heavy atom. The molecule has 0 bridgehead atoms. The first-order valence-corrected chi connectivity index (χ1v) is 4.44. The Morgan fingerprint density at radius 3 is 3.07 bits per heavy atom. The molecule has 0 spiro atoms. The topological polar surface area (TPSA) is 42.9 Å². The zero-order valence-electron chi connectivity index (χ0n) is 7.90. The molecule has 0 aromatic carbocycles. The van der Waals surface area contributed by atoms with Crippen LogP contribution in [0.15, 0.2) is 30.7 Å². The van der Waals surface area contributed by atoms with Crippen molar-refractivity contribution in [1.29, 1.82) is 0 Å². The lowest BCUT2D eigenvalue weighted by Gasteiger charge is -1.99. The Hall–Kier alpha value is -1.77. The van der Waals surface area contributed by atoms with Crippen molar-refractivity contribution in [3.05, 3.63) is 36.3 Å². The van der Waals surface area contributed by atoms with Gasteiger partial charge in [-0.3, -0.25) is 14.8 Å². The third-order valence-corrected chi connectivity index (χ3v) is 2.00. The van der Waals surface area contributed by atoms with Crippen LogP contribution in [-0.2, 0) is 11.2 Å². The summed E-state index contributed by atoms with van der Waals surface area (Å²) in [4.78, 5) is 19.1. The Balaban J connectivity index is 2.46. The lowest BCUT2D eigenvalue weighted by Crippen LogP contribution is -1.96. The van der Waals surface area contributed by atoms with Crippen LogP contribution >= 0.6 is 0 Å². The van der Waals surface area contributed by atoms with Crippen LogP contribution in [0.2, 0.25) is 0 Å². The molecule has 0 fully saturated rings. The smallest absolute Gasteiger partial charge is 0.134 e. The third-order valence-electron chi connectivity index (χ3n) is 2.00. The minimum Gasteiger partial charge on any atom is -0.300 e. The van der Waals surface area contributed by atoms with Crippen molar-refractivity contribution in [2.75, 3.05) is 0 Å². The number of pyridine rings is 2. The van der Waals surface area contributed by atoms with E-state index in [1.807, 2.05) is 12.1 Å². The SMILES string of the molecule is CC(=O)Cc1cnc2cnccc2c1. The summed E-state index contributed by atoms with van der Waals surface area (Å²) < 4.78 is 0. The van der Waals surface area contributed by atoms with Gasteiger partial charge in [0.05, 0.1) is 11.7 Å². The lowest BCUT2D eigenvalue weighted by molar-refractivity contribution is -0.116. The fraction of sp³-hybridized carbons (Fsp3) is 0.182. The molecule has 2 aromatic heterocycles. The monoisotopic (exact) mass is 186 g/mol. The van der Waals surface area contributed by atoms with Crippen LogP contribution in [-0.4, -0.2) is 15.8 Å². The quantitative estimate of drug-likeness (QED) is 0.717. The Morgan fingerprint density at radius 2 is 2.29 bits per heavy atom. The predicted octanol–water partition coefficient (Wildman–Crippen LogP) is 1.76. The van der Waals surface area contributed by atoms with Crippen LogP contribution in [0.1, 0.15) is 12.5 Å². The molecular weight excluding hydrogens is 176 g/mol. The van der Waals surface area contributed by atoms with Crippen molar-refractivity contribution in [2.45, 2.75) is 13.3 Å². The van der Waals surface area contributed by atoms with Crippen molar-refractivity contribution < 1.29 is 4.79 Å². The molecule has 2 rings (SSSR count). The first-order chi connectivity index (χ1) is 6.75. The zero-order valence-corrected chi connectivity index (χ0v) is 7.90. The highest BCUT2D eigenvalue weighted by Gasteiger charge is 2.00. The summed E-state index contributed by atoms with van der Waals surface area (Å²) in [7, 11) is 0. The molecule has 0 aliphatic heterocycles. The van der Waals surface area contributed by atoms with Gasteiger partial charge in [0.2, 0.25) is 0 Å². The fourth-order valence-electron chi connectivity index (χ4n) is 1.40. The molecular formula is C11H10N2O. The van der Waals surface area contributed by atoms with Gasteiger partial charge in [0.1, 0.15) is 5.78 Å². The van der Waals surface area contributed by atoms with Crippen molar-refractivity contribution in [2.24, 2.45) is 0 Å². The van der Waals surface area contributed by atoms with E-state index in [1.165, 1.54) is 0 Å². The lowest BCUT2D eigenvalue weighted by atomic mass is 10.1. The van der Waals surface area contributed by atoms with E-state index in [0.717, 1.165) is 16.5 Å². The Labute approximate surface area is 81.8 Å². The summed E-state index contributed by atoms with van der Waals surface area (Å²) in [5.74, 6) is 0.153. The molecule has 0 N–H and O–H groups in total. The number of rotatable bonds is 2. The molecule has 0 aliphatic carbocycles. The molecule has 0 radical (unpaired) electrons. The number of hydrogen-bond donors (Lipinski definition) is 0. The second-order valence-corrected chi connectivity index (χ2v) is 3.29. The minimum absolute atomic E-state index is 0.153. The normalized spacial score (nSPS) is 10.4. The van der Waals surface area contributed by atoms with E-state index in [-0.39, 0.29) is 5.78 Å². The van der Waals surface area contributed by atoms with Gasteiger partial charge in [0.15, 0.2) is 0 Å². The van der Waals surface area contributed by atoms with Crippen LogP contribution in [0, 0.1) is 0 Å². The molecule has 14 heavy (non-hydrogen) atoms. The van der Waals surface area contributed by atoms with E-state index in [0.29, 0.717) is 6.42 Å². The summed E-state index contributed by atoms with van der Waals surface area (Å²) in [5, 5.41) is 1.03. The molecule has 0 saturated carbocycles. The Bertz CT molecular complexity index is 479. The van der Waals surface area contributed by atoms with Crippen LogP contribution in [0.25, 0.3) is 10.9 Å². The number of aromatic nitrogens is 2. The van der Waals surface area contributed by atoms with E-state index in [2.05, 4.69) is 9.97 Å². The summed E-state index contributed by atoms with van der Waals surface area (Å²) in [6.45, 7) is 1.58. The molecule has 0 saturated heterocycles. The van der Waals surface area contributed by atoms with Crippen molar-refractivity contribution >= 4 is 16.7 Å². The summed E-state index contributed by atoms with van der Waals surface area (Å²) in [6.07, 6.45) is 5.62. The standard InChI is InChI=1S/C11H10N2O/c1-8(14)4-9-5-10-2-3-12-7-11(10)13-6-9/h2-3,5-7H,4H2,1H3. The number of hydrogen-bond acceptors (Lipinski definition) is 3. The minimum atomic E-state index is 0.153. The van der Waals surface area contributed by atoms with E-state index < -0.39 is 0 Å². The van der Waals surface area contributed by atoms with Crippen LogP contribution in [0.4, 0.5) is 0 Å². The number of carbonyl (C=O) groups excluding carboxylic acids is 1. The highest BCUT2D eigenvalue weighted by Crippen LogP contribution is 2.11. The summed E-state index contributed by atoms with van der Waals surface area (Å²) in [6, 6.07) is 3.87. The van der Waals surface area contributed by atoms with Gasteiger partial charge in [-0.15, -0.1) is 0 Å². The molecule has 3 heteroatoms. The number of nitrogens with zero attached hydrogens (tertiary/aromatic N) is 2. The van der Waals surface area contributed by atoms with E-state index in [4.69, 9.17) is 0 Å². The fourth-order valence-corrected chi connectivity index (χ4v) is 1.40. The van der Waals surface area contributed by atoms with Gasteiger partial charge >= 0.3 is 0 Å². The molecule has 0 aliphatic rings. The van der Waals surface area contributed by atoms with Gasteiger partial charge in [0.25, 0.3) is 0 Å². The maximum Gasteiger partial charge on any atom is 0.134 e. The van der Waals surface area contributed by atoms with Crippen molar-refractivity contribution in [1.82, 2.24) is 9.97 Å². The van der Waals surface area contributed by atoms with Crippen LogP contribution in [0.5, 0.6) is 0 Å². The van der Waals surface area contributed by atoms with E-state index in [9.17, 15) is 4.79 Å². The summed E-state index contributed by atoms with van der Waals surface area (Å²) >= 11 is 0. The predicted molar refractivity (Wildman–Crippen MR) is 53.9 cm³/mol. The van der Waals surface area contributed by atoms with Crippen molar-refractivity contribution in [3.8, 4) is 0 Å². The number of carbonyl (C=O) groups is 1. The zero-order chi connectivity index (χ0) is 9.97. The second kappa shape index (κ2) is 3.54. The second-order valence-electron chi connectivity index (χ2n) is 3.29. The maximum absolute atomic E-state index is 10.9. The largest absolute Gasteiger partial charge is 0.300 e.